The highest BCUT2D eigenvalue weighted by molar-refractivity contribution is 5.56. The van der Waals surface area contributed by atoms with E-state index in [4.69, 9.17) is 9.47 Å². The first-order valence-corrected chi connectivity index (χ1v) is 3.67. The minimum atomic E-state index is -0.493. The summed E-state index contributed by atoms with van der Waals surface area (Å²) in [7, 11) is 0. The van der Waals surface area contributed by atoms with Crippen molar-refractivity contribution in [3.8, 4) is 11.5 Å². The lowest BCUT2D eigenvalue weighted by Crippen LogP contribution is -2.11. The summed E-state index contributed by atoms with van der Waals surface area (Å²) in [4.78, 5) is 10.0. The van der Waals surface area contributed by atoms with E-state index in [9.17, 15) is 10.1 Å². The van der Waals surface area contributed by atoms with Crippen LogP contribution in [0.15, 0.2) is 18.2 Å². The third-order valence-electron chi connectivity index (χ3n) is 1.66. The number of benzene rings is 1. The summed E-state index contributed by atoms with van der Waals surface area (Å²) in [6.45, 7) is 1.68. The van der Waals surface area contributed by atoms with E-state index in [1.54, 1.807) is 12.1 Å². The zero-order chi connectivity index (χ0) is 9.26. The highest BCUT2D eigenvalue weighted by atomic mass is 16.6. The smallest absolute Gasteiger partial charge is 0.314 e. The van der Waals surface area contributed by atoms with Crippen molar-refractivity contribution in [3.05, 3.63) is 34.9 Å². The first-order valence-electron chi connectivity index (χ1n) is 3.67. The number of nitro benzene ring substituents is 1. The first kappa shape index (κ1) is 7.85. The van der Waals surface area contributed by atoms with Gasteiger partial charge in [0, 0.05) is 6.07 Å². The van der Waals surface area contributed by atoms with Crippen molar-refractivity contribution in [2.75, 3.05) is 6.61 Å². The second-order valence-electron chi connectivity index (χ2n) is 2.46. The van der Waals surface area contributed by atoms with Crippen LogP contribution < -0.4 is 9.47 Å². The molecule has 13 heavy (non-hydrogen) atoms. The molecule has 1 heterocycles. The number of nitro groups is 1. The average molecular weight is 180 g/mol. The molecule has 0 saturated carbocycles. The number of rotatable bonds is 1. The number of hydrogen-bond acceptors (Lipinski definition) is 4. The molecule has 0 saturated heterocycles. The van der Waals surface area contributed by atoms with Gasteiger partial charge in [-0.15, -0.1) is 0 Å². The van der Waals surface area contributed by atoms with Crippen molar-refractivity contribution in [1.29, 1.82) is 0 Å². The molecule has 1 radical (unpaired) electrons. The predicted octanol–water partition coefficient (Wildman–Crippen LogP) is 1.53. The summed E-state index contributed by atoms with van der Waals surface area (Å²) in [5.41, 5.74) is -0.0643. The van der Waals surface area contributed by atoms with Gasteiger partial charge in [0.15, 0.2) is 12.4 Å². The Hall–Kier alpha value is -1.78. The molecule has 1 aliphatic rings. The highest BCUT2D eigenvalue weighted by Gasteiger charge is 2.22. The normalized spacial score (nSPS) is 13.8. The summed E-state index contributed by atoms with van der Waals surface area (Å²) in [6.07, 6.45) is 0. The van der Waals surface area contributed by atoms with E-state index in [0.717, 1.165) is 0 Å². The quantitative estimate of drug-likeness (QED) is 0.485. The predicted molar refractivity (Wildman–Crippen MR) is 43.5 cm³/mol. The molecule has 5 nitrogen and oxygen atoms in total. The molecule has 0 unspecified atom stereocenters. The number of para-hydroxylation sites is 1. The van der Waals surface area contributed by atoms with E-state index in [-0.39, 0.29) is 18.0 Å². The largest absolute Gasteiger partial charge is 0.480 e. The lowest BCUT2D eigenvalue weighted by Gasteiger charge is -2.16. The van der Waals surface area contributed by atoms with Crippen molar-refractivity contribution in [2.45, 2.75) is 0 Å². The monoisotopic (exact) mass is 180 g/mol. The van der Waals surface area contributed by atoms with E-state index in [2.05, 4.69) is 0 Å². The van der Waals surface area contributed by atoms with Crippen LogP contribution in [0, 0.1) is 16.7 Å². The Bertz CT molecular complexity index is 350. The van der Waals surface area contributed by atoms with E-state index in [0.29, 0.717) is 5.75 Å². The van der Waals surface area contributed by atoms with Crippen LogP contribution >= 0.6 is 0 Å². The highest BCUT2D eigenvalue weighted by Crippen LogP contribution is 2.38. The molecule has 2 rings (SSSR count). The number of fused-ring (bicyclic) bond motifs is 1. The topological polar surface area (TPSA) is 61.6 Å². The standard InChI is InChI=1S/C8H6NO4/c10-9(11)6-2-1-3-7-8(6)13-5-4-12-7/h1-4H,5H2. The Labute approximate surface area is 74.0 Å². The molecular weight excluding hydrogens is 174 g/mol. The minimum absolute atomic E-state index is 0.0643. The Morgan fingerprint density at radius 1 is 1.46 bits per heavy atom. The van der Waals surface area contributed by atoms with Gasteiger partial charge in [0.1, 0.15) is 6.61 Å². The molecule has 67 valence electrons. The van der Waals surface area contributed by atoms with E-state index < -0.39 is 4.92 Å². The van der Waals surface area contributed by atoms with Crippen LogP contribution in [0.5, 0.6) is 11.5 Å². The number of ether oxygens (including phenoxy) is 2. The van der Waals surface area contributed by atoms with Crippen molar-refractivity contribution >= 4 is 5.69 Å². The Morgan fingerprint density at radius 3 is 3.08 bits per heavy atom. The lowest BCUT2D eigenvalue weighted by atomic mass is 10.2. The molecule has 0 N–H and O–H groups in total. The molecule has 0 aliphatic carbocycles. The van der Waals surface area contributed by atoms with Gasteiger partial charge in [-0.25, -0.2) is 0 Å². The van der Waals surface area contributed by atoms with Crippen LogP contribution in [0.25, 0.3) is 0 Å². The maximum absolute atomic E-state index is 10.5. The molecule has 1 aromatic carbocycles. The van der Waals surface area contributed by atoms with Crippen LogP contribution in [0.1, 0.15) is 0 Å². The molecule has 0 spiro atoms. The van der Waals surface area contributed by atoms with Gasteiger partial charge in [-0.3, -0.25) is 10.1 Å². The van der Waals surface area contributed by atoms with Gasteiger partial charge < -0.3 is 9.47 Å². The van der Waals surface area contributed by atoms with Gasteiger partial charge in [0.2, 0.25) is 5.75 Å². The van der Waals surface area contributed by atoms with Crippen molar-refractivity contribution in [1.82, 2.24) is 0 Å². The molecule has 0 fully saturated rings. The Morgan fingerprint density at radius 2 is 2.31 bits per heavy atom. The molecule has 0 aromatic heterocycles. The van der Waals surface area contributed by atoms with Crippen LogP contribution in [0.3, 0.4) is 0 Å². The molecule has 1 aromatic rings. The maximum atomic E-state index is 10.5. The van der Waals surface area contributed by atoms with E-state index >= 15 is 0 Å². The van der Waals surface area contributed by atoms with Crippen molar-refractivity contribution < 1.29 is 14.4 Å². The molecule has 0 amide bonds. The maximum Gasteiger partial charge on any atom is 0.314 e. The van der Waals surface area contributed by atoms with Crippen LogP contribution in [-0.2, 0) is 0 Å². The van der Waals surface area contributed by atoms with E-state index in [1.165, 1.54) is 12.7 Å². The lowest BCUT2D eigenvalue weighted by molar-refractivity contribution is -0.386. The second-order valence-corrected chi connectivity index (χ2v) is 2.46. The molecule has 1 aliphatic heterocycles. The fourth-order valence-corrected chi connectivity index (χ4v) is 1.13. The third-order valence-corrected chi connectivity index (χ3v) is 1.66. The fourth-order valence-electron chi connectivity index (χ4n) is 1.13. The van der Waals surface area contributed by atoms with Gasteiger partial charge in [-0.05, 0) is 6.07 Å². The van der Waals surface area contributed by atoms with Crippen molar-refractivity contribution in [2.24, 2.45) is 0 Å². The van der Waals surface area contributed by atoms with Gasteiger partial charge in [-0.2, -0.15) is 0 Å². The first-order chi connectivity index (χ1) is 6.29. The second kappa shape index (κ2) is 2.93. The van der Waals surface area contributed by atoms with E-state index in [1.807, 2.05) is 0 Å². The zero-order valence-electron chi connectivity index (χ0n) is 6.60. The molecule has 0 atom stereocenters. The summed E-state index contributed by atoms with van der Waals surface area (Å²) >= 11 is 0. The van der Waals surface area contributed by atoms with Gasteiger partial charge in [0.05, 0.1) is 4.92 Å². The third kappa shape index (κ3) is 1.28. The van der Waals surface area contributed by atoms with Gasteiger partial charge >= 0.3 is 5.69 Å². The van der Waals surface area contributed by atoms with Crippen molar-refractivity contribution in [3.63, 3.8) is 0 Å². The number of hydrogen-bond donors (Lipinski definition) is 0. The van der Waals surface area contributed by atoms with Crippen LogP contribution in [0.4, 0.5) is 5.69 Å². The summed E-state index contributed by atoms with van der Waals surface area (Å²) in [6, 6.07) is 4.56. The fraction of sp³-hybridized carbons (Fsp3) is 0.125. The average Bonchev–Trinajstić information content (AvgIpc) is 2.17. The minimum Gasteiger partial charge on any atom is -0.480 e. The Kier molecular flexibility index (Phi) is 1.77. The zero-order valence-corrected chi connectivity index (χ0v) is 6.60. The van der Waals surface area contributed by atoms with Gasteiger partial charge in [0.25, 0.3) is 0 Å². The molecule has 0 bridgehead atoms. The number of nitrogens with zero attached hydrogens (tertiary/aromatic N) is 1. The Balaban J connectivity index is 2.52. The summed E-state index contributed by atoms with van der Waals surface area (Å²) in [5, 5.41) is 10.5. The van der Waals surface area contributed by atoms with Crippen LogP contribution in [0.2, 0.25) is 0 Å². The summed E-state index contributed by atoms with van der Waals surface area (Å²) < 4.78 is 10.2. The molecular formula is C8H6NO4. The summed E-state index contributed by atoms with van der Waals surface area (Å²) in [5.74, 6) is 0.593. The van der Waals surface area contributed by atoms with Gasteiger partial charge in [-0.1, -0.05) is 6.07 Å². The van der Waals surface area contributed by atoms with Crippen LogP contribution in [-0.4, -0.2) is 11.5 Å². The SMILES string of the molecule is O=[N+]([O-])c1cccc2c1OC[CH]O2. The molecule has 5 heteroatoms.